The van der Waals surface area contributed by atoms with Crippen LogP contribution in [0.2, 0.25) is 0 Å². The van der Waals surface area contributed by atoms with E-state index in [1.54, 1.807) is 12.3 Å². The maximum Gasteiger partial charge on any atom is 0.270 e. The first-order chi connectivity index (χ1) is 8.20. The van der Waals surface area contributed by atoms with Crippen molar-refractivity contribution >= 4 is 11.6 Å². The molecule has 2 unspecified atom stereocenters. The van der Waals surface area contributed by atoms with Crippen molar-refractivity contribution in [3.05, 3.63) is 24.0 Å². The van der Waals surface area contributed by atoms with Crippen LogP contribution in [0.15, 0.2) is 18.3 Å². The molecule has 1 amide bonds. The first kappa shape index (κ1) is 11.9. The molecule has 0 saturated carbocycles. The highest BCUT2D eigenvalue weighted by atomic mass is 16.5. The summed E-state index contributed by atoms with van der Waals surface area (Å²) in [5.74, 6) is -0.149. The minimum absolute atomic E-state index is 0.0754. The van der Waals surface area contributed by atoms with Crippen molar-refractivity contribution in [1.82, 2.24) is 10.3 Å². The van der Waals surface area contributed by atoms with Crippen molar-refractivity contribution in [3.8, 4) is 0 Å². The second kappa shape index (κ2) is 5.14. The molecule has 1 aliphatic rings. The van der Waals surface area contributed by atoms with E-state index in [2.05, 4.69) is 15.6 Å². The summed E-state index contributed by atoms with van der Waals surface area (Å²) in [6.07, 6.45) is 2.56. The maximum atomic E-state index is 12.0. The molecule has 17 heavy (non-hydrogen) atoms. The first-order valence-electron chi connectivity index (χ1n) is 5.77. The average Bonchev–Trinajstić information content (AvgIpc) is 2.75. The van der Waals surface area contributed by atoms with Gasteiger partial charge in [-0.2, -0.15) is 0 Å². The van der Waals surface area contributed by atoms with Crippen molar-refractivity contribution in [2.75, 3.05) is 19.0 Å². The van der Waals surface area contributed by atoms with Crippen molar-refractivity contribution in [2.45, 2.75) is 25.5 Å². The van der Waals surface area contributed by atoms with Gasteiger partial charge in [0.25, 0.3) is 5.91 Å². The quantitative estimate of drug-likeness (QED) is 0.821. The van der Waals surface area contributed by atoms with Gasteiger partial charge < -0.3 is 15.4 Å². The van der Waals surface area contributed by atoms with Crippen LogP contribution in [-0.4, -0.2) is 36.7 Å². The summed E-state index contributed by atoms with van der Waals surface area (Å²) in [5, 5.41) is 5.92. The fourth-order valence-electron chi connectivity index (χ4n) is 1.87. The lowest BCUT2D eigenvalue weighted by Gasteiger charge is -2.15. The number of aromatic nitrogens is 1. The third-order valence-corrected chi connectivity index (χ3v) is 2.97. The minimum atomic E-state index is -0.149. The third-order valence-electron chi connectivity index (χ3n) is 2.97. The molecule has 1 saturated heterocycles. The monoisotopic (exact) mass is 235 g/mol. The van der Waals surface area contributed by atoms with E-state index in [1.807, 2.05) is 20.0 Å². The molecule has 1 aromatic rings. The Hall–Kier alpha value is -1.62. The zero-order valence-electron chi connectivity index (χ0n) is 10.1. The molecule has 1 aromatic heterocycles. The molecule has 2 rings (SSSR count). The topological polar surface area (TPSA) is 63.2 Å². The van der Waals surface area contributed by atoms with Gasteiger partial charge in [-0.15, -0.1) is 0 Å². The zero-order valence-corrected chi connectivity index (χ0v) is 10.1. The van der Waals surface area contributed by atoms with Crippen molar-refractivity contribution < 1.29 is 9.53 Å². The summed E-state index contributed by atoms with van der Waals surface area (Å²) < 4.78 is 5.40. The number of rotatable bonds is 3. The summed E-state index contributed by atoms with van der Waals surface area (Å²) in [6, 6.07) is 3.64. The highest BCUT2D eigenvalue weighted by Gasteiger charge is 2.26. The lowest BCUT2D eigenvalue weighted by atomic mass is 10.1. The molecule has 0 spiro atoms. The van der Waals surface area contributed by atoms with Gasteiger partial charge in [0.2, 0.25) is 0 Å². The summed E-state index contributed by atoms with van der Waals surface area (Å²) >= 11 is 0. The standard InChI is InChI=1S/C12H17N3O2/c1-8-10(4-6-17-8)15-12(16)11-7-9(13-2)3-5-14-11/h3,5,7-8,10H,4,6H2,1-2H3,(H,13,14)(H,15,16). The molecule has 0 bridgehead atoms. The Balaban J connectivity index is 2.03. The molecule has 2 heterocycles. The van der Waals surface area contributed by atoms with Gasteiger partial charge in [0, 0.05) is 25.5 Å². The number of carbonyl (C=O) groups excluding carboxylic acids is 1. The van der Waals surface area contributed by atoms with E-state index in [4.69, 9.17) is 4.74 Å². The van der Waals surface area contributed by atoms with Crippen LogP contribution in [0.25, 0.3) is 0 Å². The summed E-state index contributed by atoms with van der Waals surface area (Å²) in [6.45, 7) is 2.67. The molecule has 0 aromatic carbocycles. The number of nitrogens with zero attached hydrogens (tertiary/aromatic N) is 1. The van der Waals surface area contributed by atoms with Crippen molar-refractivity contribution in [1.29, 1.82) is 0 Å². The van der Waals surface area contributed by atoms with E-state index in [9.17, 15) is 4.79 Å². The van der Waals surface area contributed by atoms with Crippen molar-refractivity contribution in [2.24, 2.45) is 0 Å². The Bertz CT molecular complexity index is 408. The van der Waals surface area contributed by atoms with Crippen LogP contribution in [0.3, 0.4) is 0 Å². The number of hydrogen-bond donors (Lipinski definition) is 2. The Morgan fingerprint density at radius 3 is 3.06 bits per heavy atom. The lowest BCUT2D eigenvalue weighted by Crippen LogP contribution is -2.39. The second-order valence-electron chi connectivity index (χ2n) is 4.12. The molecule has 0 aliphatic carbocycles. The van der Waals surface area contributed by atoms with Crippen LogP contribution >= 0.6 is 0 Å². The minimum Gasteiger partial charge on any atom is -0.388 e. The largest absolute Gasteiger partial charge is 0.388 e. The van der Waals surface area contributed by atoms with Gasteiger partial charge >= 0.3 is 0 Å². The van der Waals surface area contributed by atoms with E-state index in [0.29, 0.717) is 12.3 Å². The van der Waals surface area contributed by atoms with Gasteiger partial charge in [-0.1, -0.05) is 0 Å². The van der Waals surface area contributed by atoms with E-state index < -0.39 is 0 Å². The third kappa shape index (κ3) is 2.74. The number of hydrogen-bond acceptors (Lipinski definition) is 4. The molecule has 2 atom stereocenters. The Morgan fingerprint density at radius 1 is 1.59 bits per heavy atom. The number of amides is 1. The summed E-state index contributed by atoms with van der Waals surface area (Å²) in [5.41, 5.74) is 1.30. The average molecular weight is 235 g/mol. The zero-order chi connectivity index (χ0) is 12.3. The lowest BCUT2D eigenvalue weighted by molar-refractivity contribution is 0.0862. The second-order valence-corrected chi connectivity index (χ2v) is 4.12. The van der Waals surface area contributed by atoms with E-state index in [-0.39, 0.29) is 18.1 Å². The van der Waals surface area contributed by atoms with E-state index in [0.717, 1.165) is 12.1 Å². The van der Waals surface area contributed by atoms with Crippen LogP contribution in [0.4, 0.5) is 5.69 Å². The van der Waals surface area contributed by atoms with Gasteiger partial charge in [-0.25, -0.2) is 0 Å². The first-order valence-corrected chi connectivity index (χ1v) is 5.77. The van der Waals surface area contributed by atoms with Crippen LogP contribution < -0.4 is 10.6 Å². The predicted molar refractivity (Wildman–Crippen MR) is 65.1 cm³/mol. The molecule has 0 radical (unpaired) electrons. The summed E-state index contributed by atoms with van der Waals surface area (Å²) in [4.78, 5) is 16.0. The summed E-state index contributed by atoms with van der Waals surface area (Å²) in [7, 11) is 1.81. The smallest absolute Gasteiger partial charge is 0.270 e. The maximum absolute atomic E-state index is 12.0. The van der Waals surface area contributed by atoms with E-state index >= 15 is 0 Å². The van der Waals surface area contributed by atoms with Crippen molar-refractivity contribution in [3.63, 3.8) is 0 Å². The fraction of sp³-hybridized carbons (Fsp3) is 0.500. The van der Waals surface area contributed by atoms with Gasteiger partial charge in [0.05, 0.1) is 12.1 Å². The SMILES string of the molecule is CNc1ccnc(C(=O)NC2CCOC2C)c1. The molecule has 1 aliphatic heterocycles. The highest BCUT2D eigenvalue weighted by molar-refractivity contribution is 5.93. The van der Waals surface area contributed by atoms with E-state index in [1.165, 1.54) is 0 Å². The fourth-order valence-corrected chi connectivity index (χ4v) is 1.87. The molecule has 1 fully saturated rings. The van der Waals surface area contributed by atoms with Gasteiger partial charge in [0.15, 0.2) is 0 Å². The molecular weight excluding hydrogens is 218 g/mol. The normalized spacial score (nSPS) is 23.4. The van der Waals surface area contributed by atoms with Crippen LogP contribution in [0.1, 0.15) is 23.8 Å². The van der Waals surface area contributed by atoms with Gasteiger partial charge in [0.1, 0.15) is 5.69 Å². The van der Waals surface area contributed by atoms with Gasteiger partial charge in [-0.05, 0) is 25.5 Å². The predicted octanol–water partition coefficient (Wildman–Crippen LogP) is 1.03. The Labute approximate surface area is 101 Å². The Morgan fingerprint density at radius 2 is 2.41 bits per heavy atom. The molecular formula is C12H17N3O2. The van der Waals surface area contributed by atoms with Crippen LogP contribution in [0, 0.1) is 0 Å². The molecule has 5 heteroatoms. The molecule has 2 N–H and O–H groups in total. The number of ether oxygens (including phenoxy) is 1. The number of anilines is 1. The van der Waals surface area contributed by atoms with Crippen LogP contribution in [-0.2, 0) is 4.74 Å². The molecule has 5 nitrogen and oxygen atoms in total. The van der Waals surface area contributed by atoms with Crippen LogP contribution in [0.5, 0.6) is 0 Å². The number of pyridine rings is 1. The highest BCUT2D eigenvalue weighted by Crippen LogP contribution is 2.13. The number of nitrogens with one attached hydrogen (secondary N) is 2. The number of carbonyl (C=O) groups is 1. The van der Waals surface area contributed by atoms with Gasteiger partial charge in [-0.3, -0.25) is 9.78 Å². The Kier molecular flexibility index (Phi) is 3.58. The molecule has 92 valence electrons.